The highest BCUT2D eigenvalue weighted by Crippen LogP contribution is 2.70. The van der Waals surface area contributed by atoms with Gasteiger partial charge in [-0.1, -0.05) is 27.7 Å². The molecule has 0 radical (unpaired) electrons. The zero-order chi connectivity index (χ0) is 22.6. The van der Waals surface area contributed by atoms with Crippen molar-refractivity contribution in [2.75, 3.05) is 6.61 Å². The van der Waals surface area contributed by atoms with Crippen LogP contribution < -0.4 is 0 Å². The molecule has 6 aliphatic rings. The van der Waals surface area contributed by atoms with Crippen LogP contribution in [0.15, 0.2) is 0 Å². The van der Waals surface area contributed by atoms with E-state index in [1.54, 1.807) is 0 Å². The van der Waals surface area contributed by atoms with Gasteiger partial charge in [0.05, 0.1) is 18.8 Å². The van der Waals surface area contributed by atoms with Crippen molar-refractivity contribution in [3.8, 4) is 0 Å². The van der Waals surface area contributed by atoms with E-state index in [2.05, 4.69) is 27.7 Å². The van der Waals surface area contributed by atoms with Crippen molar-refractivity contribution in [3.63, 3.8) is 0 Å². The van der Waals surface area contributed by atoms with Gasteiger partial charge in [0.2, 0.25) is 5.79 Å². The Bertz CT molecular complexity index is 840. The first-order chi connectivity index (χ1) is 15.1. The Kier molecular flexibility index (Phi) is 4.68. The van der Waals surface area contributed by atoms with Gasteiger partial charge in [-0.05, 0) is 78.9 Å². The SMILES string of the molecule is CC1C2C(C[C@H]3[C@@H]4CC(=O)[C@H]5C[C@@H](O)CC[C@]5(C)[C@H]4CC[C@]23C)O[C@@]12OC[C@@H](C)CC2=O. The molecule has 2 heterocycles. The molecule has 5 nitrogen and oxygen atoms in total. The lowest BCUT2D eigenvalue weighted by molar-refractivity contribution is -0.252. The molecule has 0 aromatic rings. The lowest BCUT2D eigenvalue weighted by atomic mass is 9.44. The average Bonchev–Trinajstić information content (AvgIpc) is 3.18. The van der Waals surface area contributed by atoms with Crippen molar-refractivity contribution < 1.29 is 24.2 Å². The van der Waals surface area contributed by atoms with Gasteiger partial charge in [0.25, 0.3) is 0 Å². The standard InChI is InChI=1S/C27H40O5/c1-14-9-23(30)27(31-13-14)15(2)24-22(32-27)12-19-17-11-21(29)20-10-16(28)5-7-25(20,3)18(17)6-8-26(19,24)4/h14-20,22,24,28H,5-13H2,1-4H3/t14-,15?,16-,17+,18-,19-,20+,22?,24?,25+,26-,27-/m0/s1. The Morgan fingerprint density at radius 1 is 0.969 bits per heavy atom. The zero-order valence-corrected chi connectivity index (χ0v) is 20.1. The number of fused-ring (bicyclic) bond motifs is 7. The van der Waals surface area contributed by atoms with E-state index in [0.29, 0.717) is 55.3 Å². The zero-order valence-electron chi connectivity index (χ0n) is 20.1. The second kappa shape index (κ2) is 6.88. The molecule has 3 unspecified atom stereocenters. The van der Waals surface area contributed by atoms with E-state index in [1.165, 1.54) is 0 Å². The largest absolute Gasteiger partial charge is 0.393 e. The number of hydrogen-bond donors (Lipinski definition) is 1. The third-order valence-electron chi connectivity index (χ3n) is 11.5. The van der Waals surface area contributed by atoms with E-state index in [-0.39, 0.29) is 46.6 Å². The molecule has 0 bridgehead atoms. The molecule has 12 atom stereocenters. The van der Waals surface area contributed by atoms with E-state index >= 15 is 0 Å². The summed E-state index contributed by atoms with van der Waals surface area (Å²) in [4.78, 5) is 26.5. The number of ether oxygens (including phenoxy) is 2. The van der Waals surface area contributed by atoms with Crippen LogP contribution in [0.2, 0.25) is 0 Å². The molecule has 5 heteroatoms. The molecular formula is C27H40O5. The smallest absolute Gasteiger partial charge is 0.232 e. The monoisotopic (exact) mass is 444 g/mol. The van der Waals surface area contributed by atoms with E-state index in [0.717, 1.165) is 32.1 Å². The maximum absolute atomic E-state index is 13.3. The molecular weight excluding hydrogens is 404 g/mol. The molecule has 6 rings (SSSR count). The van der Waals surface area contributed by atoms with Crippen LogP contribution in [0.4, 0.5) is 0 Å². The minimum Gasteiger partial charge on any atom is -0.393 e. The first-order valence-electron chi connectivity index (χ1n) is 13.2. The van der Waals surface area contributed by atoms with Gasteiger partial charge in [0, 0.05) is 24.7 Å². The molecule has 0 aromatic carbocycles. The summed E-state index contributed by atoms with van der Waals surface area (Å²) >= 11 is 0. The summed E-state index contributed by atoms with van der Waals surface area (Å²) in [6.45, 7) is 9.63. The number of hydrogen-bond acceptors (Lipinski definition) is 5. The minimum atomic E-state index is -1.04. The molecule has 2 aliphatic heterocycles. The summed E-state index contributed by atoms with van der Waals surface area (Å²) in [6, 6.07) is 0. The van der Waals surface area contributed by atoms with Gasteiger partial charge in [-0.25, -0.2) is 0 Å². The van der Waals surface area contributed by atoms with Gasteiger partial charge in [0.1, 0.15) is 5.78 Å². The normalized spacial score (nSPS) is 59.5. The molecule has 0 amide bonds. The number of rotatable bonds is 0. The van der Waals surface area contributed by atoms with Crippen molar-refractivity contribution in [3.05, 3.63) is 0 Å². The van der Waals surface area contributed by atoms with Crippen molar-refractivity contribution >= 4 is 11.6 Å². The Labute approximate surface area is 192 Å². The molecule has 2 saturated heterocycles. The second-order valence-electron chi connectivity index (χ2n) is 13.0. The van der Waals surface area contributed by atoms with Crippen LogP contribution in [-0.4, -0.2) is 41.3 Å². The highest BCUT2D eigenvalue weighted by atomic mass is 16.7. The minimum absolute atomic E-state index is 0.0323. The van der Waals surface area contributed by atoms with Crippen molar-refractivity contribution in [2.45, 2.75) is 97.1 Å². The van der Waals surface area contributed by atoms with E-state index in [4.69, 9.17) is 9.47 Å². The van der Waals surface area contributed by atoms with Crippen LogP contribution in [0.25, 0.3) is 0 Å². The van der Waals surface area contributed by atoms with E-state index in [9.17, 15) is 14.7 Å². The van der Waals surface area contributed by atoms with E-state index in [1.807, 2.05) is 0 Å². The quantitative estimate of drug-likeness (QED) is 0.608. The number of Topliss-reactive ketones (excluding diaryl/α,β-unsaturated/α-hetero) is 2. The molecule has 1 N–H and O–H groups in total. The summed E-state index contributed by atoms with van der Waals surface area (Å²) in [6.07, 6.45) is 6.69. The fraction of sp³-hybridized carbons (Fsp3) is 0.926. The summed E-state index contributed by atoms with van der Waals surface area (Å²) < 4.78 is 12.8. The summed E-state index contributed by atoms with van der Waals surface area (Å²) in [5, 5.41) is 10.3. The van der Waals surface area contributed by atoms with Crippen LogP contribution in [0.3, 0.4) is 0 Å². The fourth-order valence-electron chi connectivity index (χ4n) is 9.98. The molecule has 4 aliphatic carbocycles. The average molecular weight is 445 g/mol. The number of aliphatic hydroxyl groups excluding tert-OH is 1. The van der Waals surface area contributed by atoms with Gasteiger partial charge in [-0.2, -0.15) is 0 Å². The summed E-state index contributed by atoms with van der Waals surface area (Å²) in [5.74, 6) is 1.62. The van der Waals surface area contributed by atoms with Crippen molar-refractivity contribution in [1.29, 1.82) is 0 Å². The fourth-order valence-corrected chi connectivity index (χ4v) is 9.98. The highest BCUT2D eigenvalue weighted by Gasteiger charge is 2.71. The predicted molar refractivity (Wildman–Crippen MR) is 119 cm³/mol. The Morgan fingerprint density at radius 3 is 2.47 bits per heavy atom. The lowest BCUT2D eigenvalue weighted by Gasteiger charge is -2.60. The van der Waals surface area contributed by atoms with Gasteiger partial charge in [-0.15, -0.1) is 0 Å². The maximum Gasteiger partial charge on any atom is 0.232 e. The number of aliphatic hydroxyl groups is 1. The predicted octanol–water partition coefficient (Wildman–Crippen LogP) is 4.15. The molecule has 6 fully saturated rings. The number of carbonyl (C=O) groups is 2. The molecule has 4 saturated carbocycles. The van der Waals surface area contributed by atoms with Crippen molar-refractivity contribution in [2.24, 2.45) is 52.3 Å². The van der Waals surface area contributed by atoms with Crippen LogP contribution in [0, 0.1) is 52.3 Å². The molecule has 0 aromatic heterocycles. The maximum atomic E-state index is 13.3. The Morgan fingerprint density at radius 2 is 1.72 bits per heavy atom. The Hall–Kier alpha value is -0.780. The van der Waals surface area contributed by atoms with Crippen LogP contribution in [-0.2, 0) is 19.1 Å². The van der Waals surface area contributed by atoms with Gasteiger partial charge in [0.15, 0.2) is 5.78 Å². The molecule has 1 spiro atoms. The summed E-state index contributed by atoms with van der Waals surface area (Å²) in [7, 11) is 0. The number of carbonyl (C=O) groups excluding carboxylic acids is 2. The topological polar surface area (TPSA) is 72.8 Å². The van der Waals surface area contributed by atoms with Crippen LogP contribution in [0.1, 0.15) is 79.1 Å². The highest BCUT2D eigenvalue weighted by molar-refractivity contribution is 5.87. The number of ketones is 2. The Balaban J connectivity index is 1.30. The lowest BCUT2D eigenvalue weighted by Crippen LogP contribution is -2.58. The third-order valence-corrected chi connectivity index (χ3v) is 11.5. The van der Waals surface area contributed by atoms with Gasteiger partial charge < -0.3 is 14.6 Å². The van der Waals surface area contributed by atoms with Crippen molar-refractivity contribution in [1.82, 2.24) is 0 Å². The molecule has 178 valence electrons. The van der Waals surface area contributed by atoms with Gasteiger partial charge >= 0.3 is 0 Å². The summed E-state index contributed by atoms with van der Waals surface area (Å²) in [5.41, 5.74) is 0.129. The van der Waals surface area contributed by atoms with Crippen LogP contribution in [0.5, 0.6) is 0 Å². The first kappa shape index (κ1) is 21.7. The molecule has 32 heavy (non-hydrogen) atoms. The third kappa shape index (κ3) is 2.62. The van der Waals surface area contributed by atoms with Gasteiger partial charge in [-0.3, -0.25) is 9.59 Å². The first-order valence-corrected chi connectivity index (χ1v) is 13.2. The van der Waals surface area contributed by atoms with E-state index < -0.39 is 5.79 Å². The second-order valence-corrected chi connectivity index (χ2v) is 13.0. The van der Waals surface area contributed by atoms with Crippen LogP contribution >= 0.6 is 0 Å².